The summed E-state index contributed by atoms with van der Waals surface area (Å²) in [7, 11) is 0. The van der Waals surface area contributed by atoms with Gasteiger partial charge in [0.2, 0.25) is 0 Å². The van der Waals surface area contributed by atoms with Crippen LogP contribution in [0.15, 0.2) is 73.1 Å². The van der Waals surface area contributed by atoms with Gasteiger partial charge in [-0.05, 0) is 85.7 Å². The largest absolute Gasteiger partial charge is 0.490 e. The number of benzene rings is 3. The minimum Gasteiger partial charge on any atom is -0.490 e. The molecule has 2 heterocycles. The highest BCUT2D eigenvalue weighted by Gasteiger charge is 2.26. The van der Waals surface area contributed by atoms with Crippen molar-refractivity contribution >= 4 is 29.5 Å². The number of amides is 3. The third-order valence-electron chi connectivity index (χ3n) is 7.76. The van der Waals surface area contributed by atoms with Gasteiger partial charge in [0, 0.05) is 24.0 Å². The molecule has 0 radical (unpaired) electrons. The summed E-state index contributed by atoms with van der Waals surface area (Å²) in [6.45, 7) is 7.30. The second-order valence-electron chi connectivity index (χ2n) is 11.0. The maximum Gasteiger partial charge on any atom is 0.414 e. The Bertz CT molecular complexity index is 1700. The van der Waals surface area contributed by atoms with Crippen LogP contribution in [-0.2, 0) is 27.2 Å². The number of carbonyl (C=O) groups excluding carboxylic acids is 3. The van der Waals surface area contributed by atoms with Crippen LogP contribution in [0.25, 0.3) is 11.1 Å². The molecule has 3 amide bonds. The number of anilines is 2. The molecule has 240 valence electrons. The molecule has 0 unspecified atom stereocenters. The maximum atomic E-state index is 13.1. The smallest absolute Gasteiger partial charge is 0.414 e. The molecule has 1 aromatic heterocycles. The molecule has 0 fully saturated rings. The summed E-state index contributed by atoms with van der Waals surface area (Å²) < 4.78 is 18.1. The third-order valence-corrected chi connectivity index (χ3v) is 7.76. The molecule has 0 saturated carbocycles. The summed E-state index contributed by atoms with van der Waals surface area (Å²) in [5.74, 6) is 0.298. The lowest BCUT2D eigenvalue weighted by Gasteiger charge is -2.30. The molecule has 46 heavy (non-hydrogen) atoms. The number of hydrogen-bond donors (Lipinski definition) is 2. The monoisotopic (exact) mass is 625 g/mol. The minimum atomic E-state index is -0.497. The Morgan fingerprint density at radius 3 is 2.65 bits per heavy atom. The molecule has 2 N–H and O–H groups in total. The Kier molecular flexibility index (Phi) is 10.5. The van der Waals surface area contributed by atoms with Crippen LogP contribution >= 0.6 is 0 Å². The van der Waals surface area contributed by atoms with Crippen LogP contribution in [0.4, 0.5) is 21.0 Å². The summed E-state index contributed by atoms with van der Waals surface area (Å²) >= 11 is 0. The zero-order valence-corrected chi connectivity index (χ0v) is 26.4. The van der Waals surface area contributed by atoms with Crippen molar-refractivity contribution in [3.05, 3.63) is 95.3 Å². The van der Waals surface area contributed by atoms with Crippen molar-refractivity contribution in [1.82, 2.24) is 15.1 Å². The maximum absolute atomic E-state index is 13.1. The Morgan fingerprint density at radius 1 is 0.978 bits per heavy atom. The van der Waals surface area contributed by atoms with Crippen molar-refractivity contribution in [1.29, 1.82) is 0 Å². The van der Waals surface area contributed by atoms with Gasteiger partial charge in [-0.1, -0.05) is 36.4 Å². The van der Waals surface area contributed by atoms with Gasteiger partial charge in [-0.2, -0.15) is 5.10 Å². The zero-order valence-electron chi connectivity index (χ0n) is 26.4. The third kappa shape index (κ3) is 8.03. The van der Waals surface area contributed by atoms with Crippen LogP contribution in [0.1, 0.15) is 35.6 Å². The lowest BCUT2D eigenvalue weighted by molar-refractivity contribution is -0.141. The minimum absolute atomic E-state index is 0.152. The van der Waals surface area contributed by atoms with E-state index >= 15 is 0 Å². The second-order valence-corrected chi connectivity index (χ2v) is 11.0. The predicted octanol–water partition coefficient (Wildman–Crippen LogP) is 5.87. The Hall–Kier alpha value is -5.32. The lowest BCUT2D eigenvalue weighted by atomic mass is 9.93. The standard InChI is InChI=1S/C35H39N5O6/c1-4-44-33(41)21-36-34(42)38-28-11-6-10-26(19-28)22-39-23-27(20-37-39)29-12-7-14-31-30(29)13-8-16-40(31)35(43)46-18-17-45-32-15-5-9-24(2)25(32)3/h5-7,9-12,14-15,19-20,23H,4,8,13,16-18,21-22H2,1-3H3,(H2,36,38,42). The molecule has 0 aliphatic carbocycles. The molecule has 5 rings (SSSR count). The van der Waals surface area contributed by atoms with E-state index < -0.39 is 12.0 Å². The van der Waals surface area contributed by atoms with Crippen LogP contribution in [-0.4, -0.2) is 60.8 Å². The second kappa shape index (κ2) is 15.1. The first kappa shape index (κ1) is 32.1. The van der Waals surface area contributed by atoms with Crippen molar-refractivity contribution in [2.75, 3.05) is 43.1 Å². The first-order chi connectivity index (χ1) is 22.3. The Balaban J connectivity index is 1.20. The number of ether oxygens (including phenoxy) is 3. The normalized spacial score (nSPS) is 12.2. The van der Waals surface area contributed by atoms with Crippen LogP contribution < -0.4 is 20.3 Å². The predicted molar refractivity (Wildman–Crippen MR) is 175 cm³/mol. The van der Waals surface area contributed by atoms with Gasteiger partial charge in [-0.25, -0.2) is 9.59 Å². The number of carbonyl (C=O) groups is 3. The molecule has 0 saturated heterocycles. The van der Waals surface area contributed by atoms with Crippen molar-refractivity contribution in [2.24, 2.45) is 0 Å². The number of hydrogen-bond acceptors (Lipinski definition) is 7. The molecule has 1 aliphatic rings. The van der Waals surface area contributed by atoms with Gasteiger partial charge in [0.15, 0.2) is 0 Å². The van der Waals surface area contributed by atoms with Crippen LogP contribution in [0.2, 0.25) is 0 Å². The zero-order chi connectivity index (χ0) is 32.5. The van der Waals surface area contributed by atoms with Crippen molar-refractivity contribution < 1.29 is 28.6 Å². The van der Waals surface area contributed by atoms with E-state index in [4.69, 9.17) is 14.2 Å². The van der Waals surface area contributed by atoms with Gasteiger partial charge in [0.25, 0.3) is 0 Å². The van der Waals surface area contributed by atoms with Gasteiger partial charge in [-0.3, -0.25) is 14.4 Å². The number of nitrogens with one attached hydrogen (secondary N) is 2. The lowest BCUT2D eigenvalue weighted by Crippen LogP contribution is -2.36. The highest BCUT2D eigenvalue weighted by molar-refractivity contribution is 5.92. The van der Waals surface area contributed by atoms with Gasteiger partial charge in [-0.15, -0.1) is 0 Å². The van der Waals surface area contributed by atoms with E-state index in [2.05, 4.69) is 15.7 Å². The molecule has 0 spiro atoms. The molecule has 0 bridgehead atoms. The van der Waals surface area contributed by atoms with Crippen LogP contribution in [0.3, 0.4) is 0 Å². The Morgan fingerprint density at radius 2 is 1.80 bits per heavy atom. The van der Waals surface area contributed by atoms with Gasteiger partial charge in [0.05, 0.1) is 25.0 Å². The number of rotatable bonds is 11. The number of esters is 1. The molecule has 11 nitrogen and oxygen atoms in total. The molecule has 0 atom stereocenters. The first-order valence-electron chi connectivity index (χ1n) is 15.4. The van der Waals surface area contributed by atoms with E-state index in [-0.39, 0.29) is 32.5 Å². The topological polar surface area (TPSA) is 124 Å². The van der Waals surface area contributed by atoms with Gasteiger partial charge < -0.3 is 24.8 Å². The number of aryl methyl sites for hydroxylation is 1. The quantitative estimate of drug-likeness (QED) is 0.158. The summed E-state index contributed by atoms with van der Waals surface area (Å²) in [6, 6.07) is 18.8. The SMILES string of the molecule is CCOC(=O)CNC(=O)Nc1cccc(Cn2cc(-c3cccc4c3CCCN4C(=O)OCCOc3cccc(C)c3C)cn2)c1. The van der Waals surface area contributed by atoms with E-state index in [1.807, 2.05) is 85.5 Å². The fraction of sp³-hybridized carbons (Fsp3) is 0.314. The van der Waals surface area contributed by atoms with Gasteiger partial charge >= 0.3 is 18.1 Å². The molecule has 1 aliphatic heterocycles. The van der Waals surface area contributed by atoms with Crippen LogP contribution in [0.5, 0.6) is 5.75 Å². The highest BCUT2D eigenvalue weighted by atomic mass is 16.6. The summed E-state index contributed by atoms with van der Waals surface area (Å²) in [5, 5.41) is 9.80. The average molecular weight is 626 g/mol. The number of nitrogens with zero attached hydrogens (tertiary/aromatic N) is 3. The van der Waals surface area contributed by atoms with E-state index in [0.29, 0.717) is 18.8 Å². The summed E-state index contributed by atoms with van der Waals surface area (Å²) in [5.41, 5.74) is 7.64. The molecule has 4 aromatic rings. The van der Waals surface area contributed by atoms with Gasteiger partial charge in [0.1, 0.15) is 25.5 Å². The van der Waals surface area contributed by atoms with E-state index in [1.165, 1.54) is 0 Å². The fourth-order valence-electron chi connectivity index (χ4n) is 5.39. The van der Waals surface area contributed by atoms with E-state index in [0.717, 1.165) is 57.7 Å². The molecular weight excluding hydrogens is 586 g/mol. The summed E-state index contributed by atoms with van der Waals surface area (Å²) in [6.07, 6.45) is 5.06. The molecular formula is C35H39N5O6. The van der Waals surface area contributed by atoms with E-state index in [1.54, 1.807) is 17.9 Å². The highest BCUT2D eigenvalue weighted by Crippen LogP contribution is 2.35. The number of urea groups is 1. The number of fused-ring (bicyclic) bond motifs is 1. The fourth-order valence-corrected chi connectivity index (χ4v) is 5.39. The van der Waals surface area contributed by atoms with Crippen molar-refractivity contribution in [3.8, 4) is 16.9 Å². The average Bonchev–Trinajstić information content (AvgIpc) is 3.51. The number of aromatic nitrogens is 2. The van der Waals surface area contributed by atoms with E-state index in [9.17, 15) is 14.4 Å². The van der Waals surface area contributed by atoms with Crippen molar-refractivity contribution in [2.45, 2.75) is 40.2 Å². The van der Waals surface area contributed by atoms with Crippen molar-refractivity contribution in [3.63, 3.8) is 0 Å². The summed E-state index contributed by atoms with van der Waals surface area (Å²) in [4.78, 5) is 38.5. The molecule has 11 heteroatoms. The van der Waals surface area contributed by atoms with Crippen LogP contribution in [0, 0.1) is 13.8 Å². The Labute approximate surface area is 268 Å². The molecule has 3 aromatic carbocycles. The first-order valence-corrected chi connectivity index (χ1v) is 15.4.